The van der Waals surface area contributed by atoms with Crippen LogP contribution >= 0.6 is 0 Å². The van der Waals surface area contributed by atoms with E-state index in [9.17, 15) is 10.1 Å². The van der Waals surface area contributed by atoms with Crippen molar-refractivity contribution in [2.45, 2.75) is 13.5 Å². The summed E-state index contributed by atoms with van der Waals surface area (Å²) in [5.41, 5.74) is 2.79. The lowest BCUT2D eigenvalue weighted by Gasteiger charge is -2.35. The fraction of sp³-hybridized carbons (Fsp3) is 0.304. The topological polar surface area (TPSA) is 106 Å². The third-order valence-electron chi connectivity index (χ3n) is 5.90. The number of hydrogen-bond donors (Lipinski definition) is 1. The van der Waals surface area contributed by atoms with Gasteiger partial charge in [-0.1, -0.05) is 24.3 Å². The van der Waals surface area contributed by atoms with E-state index in [1.165, 1.54) is 6.33 Å². The molecule has 0 atom stereocenters. The fourth-order valence-corrected chi connectivity index (χ4v) is 4.12. The van der Waals surface area contributed by atoms with Crippen LogP contribution in [0.25, 0.3) is 0 Å². The number of hydrogen-bond acceptors (Lipinski definition) is 9. The second kappa shape index (κ2) is 8.91. The third kappa shape index (κ3) is 4.37. The standard InChI is InChI=1S/C23H24N6O4/c1-16-4-2-3-5-18(16)26-22-21(29(30)31)23(25-14-24-22)28-10-8-27(9-11-28)13-17-6-7-19-20(12-17)33-15-32-19/h2-7,12,14H,8-11,13,15H2,1H3,(H,24,25,26). The minimum Gasteiger partial charge on any atom is -0.454 e. The van der Waals surface area contributed by atoms with Gasteiger partial charge < -0.3 is 19.7 Å². The van der Waals surface area contributed by atoms with E-state index in [4.69, 9.17) is 9.47 Å². The van der Waals surface area contributed by atoms with Gasteiger partial charge in [0.15, 0.2) is 11.5 Å². The SMILES string of the molecule is Cc1ccccc1Nc1ncnc(N2CCN(Cc3ccc4c(c3)OCO4)CC2)c1[N+](=O)[O-]. The number of aromatic nitrogens is 2. The van der Waals surface area contributed by atoms with Crippen LogP contribution in [0.1, 0.15) is 11.1 Å². The molecule has 2 aromatic carbocycles. The molecule has 3 heterocycles. The highest BCUT2D eigenvalue weighted by Crippen LogP contribution is 2.35. The van der Waals surface area contributed by atoms with E-state index in [-0.39, 0.29) is 18.3 Å². The summed E-state index contributed by atoms with van der Waals surface area (Å²) in [5.74, 6) is 2.09. The summed E-state index contributed by atoms with van der Waals surface area (Å²) < 4.78 is 10.8. The van der Waals surface area contributed by atoms with Crippen molar-refractivity contribution >= 4 is 23.0 Å². The largest absolute Gasteiger partial charge is 0.454 e. The monoisotopic (exact) mass is 448 g/mol. The Hall–Kier alpha value is -3.92. The first-order valence-electron chi connectivity index (χ1n) is 10.8. The Morgan fingerprint density at radius 1 is 1.06 bits per heavy atom. The second-order valence-corrected chi connectivity index (χ2v) is 8.04. The molecule has 1 aromatic heterocycles. The maximum absolute atomic E-state index is 12.0. The fourth-order valence-electron chi connectivity index (χ4n) is 4.12. The molecule has 0 aliphatic carbocycles. The van der Waals surface area contributed by atoms with Gasteiger partial charge in [-0.3, -0.25) is 15.0 Å². The first kappa shape index (κ1) is 21.0. The predicted molar refractivity (Wildman–Crippen MR) is 123 cm³/mol. The van der Waals surface area contributed by atoms with Crippen LogP contribution in [0, 0.1) is 17.0 Å². The molecule has 2 aliphatic heterocycles. The summed E-state index contributed by atoms with van der Waals surface area (Å²) in [6, 6.07) is 13.6. The summed E-state index contributed by atoms with van der Waals surface area (Å²) in [6.07, 6.45) is 1.38. The summed E-state index contributed by atoms with van der Waals surface area (Å²) >= 11 is 0. The lowest BCUT2D eigenvalue weighted by atomic mass is 10.1. The molecule has 10 nitrogen and oxygen atoms in total. The number of anilines is 3. The van der Waals surface area contributed by atoms with E-state index in [0.29, 0.717) is 18.9 Å². The Balaban J connectivity index is 1.30. The molecule has 0 spiro atoms. The molecule has 1 saturated heterocycles. The van der Waals surface area contributed by atoms with E-state index in [2.05, 4.69) is 20.2 Å². The Morgan fingerprint density at radius 2 is 1.85 bits per heavy atom. The average Bonchev–Trinajstić information content (AvgIpc) is 3.29. The van der Waals surface area contributed by atoms with E-state index in [1.807, 2.05) is 54.3 Å². The van der Waals surface area contributed by atoms with Crippen LogP contribution in [0.5, 0.6) is 11.5 Å². The van der Waals surface area contributed by atoms with Crippen molar-refractivity contribution < 1.29 is 14.4 Å². The lowest BCUT2D eigenvalue weighted by Crippen LogP contribution is -2.46. The van der Waals surface area contributed by atoms with Gasteiger partial charge in [0.1, 0.15) is 6.33 Å². The van der Waals surface area contributed by atoms with Crippen LogP contribution in [0.2, 0.25) is 0 Å². The number of nitro groups is 1. The first-order valence-corrected chi connectivity index (χ1v) is 10.8. The van der Waals surface area contributed by atoms with Gasteiger partial charge in [0.2, 0.25) is 18.4 Å². The Morgan fingerprint density at radius 3 is 2.64 bits per heavy atom. The van der Waals surface area contributed by atoms with Crippen LogP contribution in [-0.4, -0.2) is 52.8 Å². The number of para-hydroxylation sites is 1. The summed E-state index contributed by atoms with van der Waals surface area (Å²) in [7, 11) is 0. The Bertz CT molecular complexity index is 1180. The van der Waals surface area contributed by atoms with E-state index >= 15 is 0 Å². The summed E-state index contributed by atoms with van der Waals surface area (Å²) in [6.45, 7) is 5.76. The predicted octanol–water partition coefficient (Wildman–Crippen LogP) is 3.49. The molecule has 0 radical (unpaired) electrons. The van der Waals surface area contributed by atoms with Crippen LogP contribution in [-0.2, 0) is 6.54 Å². The second-order valence-electron chi connectivity index (χ2n) is 8.04. The highest BCUT2D eigenvalue weighted by Gasteiger charge is 2.29. The van der Waals surface area contributed by atoms with Gasteiger partial charge in [-0.25, -0.2) is 9.97 Å². The molecule has 170 valence electrons. The quantitative estimate of drug-likeness (QED) is 0.448. The molecule has 10 heteroatoms. The van der Waals surface area contributed by atoms with E-state index in [0.717, 1.165) is 47.9 Å². The minimum absolute atomic E-state index is 0.107. The number of ether oxygens (including phenoxy) is 2. The normalized spacial score (nSPS) is 15.5. The van der Waals surface area contributed by atoms with Gasteiger partial charge in [0, 0.05) is 38.4 Å². The van der Waals surface area contributed by atoms with Crippen LogP contribution in [0.3, 0.4) is 0 Å². The van der Waals surface area contributed by atoms with Crippen LogP contribution in [0.15, 0.2) is 48.8 Å². The molecule has 1 N–H and O–H groups in total. The number of aryl methyl sites for hydroxylation is 1. The summed E-state index contributed by atoms with van der Waals surface area (Å²) in [4.78, 5) is 24.3. The van der Waals surface area contributed by atoms with Gasteiger partial charge in [-0.2, -0.15) is 0 Å². The molecule has 1 fully saturated rings. The van der Waals surface area contributed by atoms with Crippen molar-refractivity contribution in [3.8, 4) is 11.5 Å². The molecule has 0 bridgehead atoms. The van der Waals surface area contributed by atoms with Crippen molar-refractivity contribution in [3.05, 3.63) is 70.0 Å². The molecular formula is C23H24N6O4. The van der Waals surface area contributed by atoms with Gasteiger partial charge in [0.05, 0.1) is 4.92 Å². The molecular weight excluding hydrogens is 424 g/mol. The molecule has 0 saturated carbocycles. The molecule has 33 heavy (non-hydrogen) atoms. The lowest BCUT2D eigenvalue weighted by molar-refractivity contribution is -0.383. The first-order chi connectivity index (χ1) is 16.1. The third-order valence-corrected chi connectivity index (χ3v) is 5.90. The van der Waals surface area contributed by atoms with Gasteiger partial charge in [-0.15, -0.1) is 0 Å². The number of benzene rings is 2. The Kier molecular flexibility index (Phi) is 5.66. The molecule has 0 unspecified atom stereocenters. The van der Waals surface area contributed by atoms with Gasteiger partial charge in [-0.05, 0) is 36.2 Å². The van der Waals surface area contributed by atoms with Crippen molar-refractivity contribution in [2.75, 3.05) is 43.2 Å². The van der Waals surface area contributed by atoms with Crippen molar-refractivity contribution in [2.24, 2.45) is 0 Å². The molecule has 0 amide bonds. The number of piperazine rings is 1. The van der Waals surface area contributed by atoms with Crippen LogP contribution in [0.4, 0.5) is 23.0 Å². The number of nitrogens with zero attached hydrogens (tertiary/aromatic N) is 5. The zero-order valence-corrected chi connectivity index (χ0v) is 18.2. The van der Waals surface area contributed by atoms with Gasteiger partial charge in [0.25, 0.3) is 0 Å². The highest BCUT2D eigenvalue weighted by molar-refractivity contribution is 5.75. The van der Waals surface area contributed by atoms with Crippen molar-refractivity contribution in [3.63, 3.8) is 0 Å². The molecule has 3 aromatic rings. The zero-order chi connectivity index (χ0) is 22.8. The maximum Gasteiger partial charge on any atom is 0.353 e. The molecule has 5 rings (SSSR count). The smallest absolute Gasteiger partial charge is 0.353 e. The number of rotatable bonds is 6. The highest BCUT2D eigenvalue weighted by atomic mass is 16.7. The van der Waals surface area contributed by atoms with Crippen LogP contribution < -0.4 is 19.7 Å². The van der Waals surface area contributed by atoms with Crippen molar-refractivity contribution in [1.82, 2.24) is 14.9 Å². The number of nitrogens with one attached hydrogen (secondary N) is 1. The van der Waals surface area contributed by atoms with E-state index in [1.54, 1.807) is 0 Å². The Labute approximate surface area is 190 Å². The maximum atomic E-state index is 12.0. The zero-order valence-electron chi connectivity index (χ0n) is 18.2. The van der Waals surface area contributed by atoms with Crippen molar-refractivity contribution in [1.29, 1.82) is 0 Å². The molecule has 2 aliphatic rings. The number of fused-ring (bicyclic) bond motifs is 1. The van der Waals surface area contributed by atoms with Gasteiger partial charge >= 0.3 is 5.69 Å². The average molecular weight is 448 g/mol. The minimum atomic E-state index is -0.408. The summed E-state index contributed by atoms with van der Waals surface area (Å²) in [5, 5.41) is 15.1. The van der Waals surface area contributed by atoms with E-state index < -0.39 is 4.92 Å².